The zero-order valence-electron chi connectivity index (χ0n) is 11.7. The molecule has 2 nitrogen and oxygen atoms in total. The average molecular weight is 321 g/mol. The van der Waals surface area contributed by atoms with E-state index < -0.39 is 17.6 Å². The number of nitrogens with one attached hydrogen (secondary N) is 1. The van der Waals surface area contributed by atoms with E-state index in [1.165, 1.54) is 18.2 Å². The van der Waals surface area contributed by atoms with Crippen molar-refractivity contribution in [1.29, 1.82) is 0 Å². The van der Waals surface area contributed by atoms with Gasteiger partial charge in [0.25, 0.3) is 0 Å². The molecule has 0 aliphatic heterocycles. The summed E-state index contributed by atoms with van der Waals surface area (Å²) in [5, 5.41) is 0. The van der Waals surface area contributed by atoms with Gasteiger partial charge in [-0.05, 0) is 17.7 Å². The van der Waals surface area contributed by atoms with E-state index in [0.29, 0.717) is 6.42 Å². The molecule has 2 aromatic carbocycles. The summed E-state index contributed by atoms with van der Waals surface area (Å²) in [6.07, 6.45) is 3.70. The summed E-state index contributed by atoms with van der Waals surface area (Å²) in [6.45, 7) is 0. The minimum Gasteiger partial charge on any atom is -0.348 e. The van der Waals surface area contributed by atoms with Crippen molar-refractivity contribution in [2.45, 2.75) is 12.3 Å². The summed E-state index contributed by atoms with van der Waals surface area (Å²) in [4.78, 5) is 6.95. The van der Waals surface area contributed by atoms with Crippen LogP contribution in [-0.4, -0.2) is 9.97 Å². The highest BCUT2D eigenvalue weighted by Crippen LogP contribution is 2.31. The zero-order valence-corrected chi connectivity index (χ0v) is 12.5. The Kier molecular flexibility index (Phi) is 5.28. The number of aromatic amines is 1. The van der Waals surface area contributed by atoms with Crippen LogP contribution in [0, 0.1) is 11.6 Å². The van der Waals surface area contributed by atoms with Gasteiger partial charge in [0.05, 0.1) is 6.33 Å². The maximum atomic E-state index is 14.1. The van der Waals surface area contributed by atoms with Gasteiger partial charge in [0, 0.05) is 29.8 Å². The van der Waals surface area contributed by atoms with Gasteiger partial charge < -0.3 is 4.98 Å². The SMILES string of the molecule is Cl.Fc1cccc(F)c1C(Cc1cnc[nH]1)c1ccccc1. The third kappa shape index (κ3) is 3.34. The molecule has 0 saturated heterocycles. The van der Waals surface area contributed by atoms with E-state index in [0.717, 1.165) is 11.3 Å². The number of halogens is 3. The monoisotopic (exact) mass is 320 g/mol. The van der Waals surface area contributed by atoms with Crippen LogP contribution in [0.3, 0.4) is 0 Å². The Morgan fingerprint density at radius 1 is 0.955 bits per heavy atom. The molecule has 0 saturated carbocycles. The van der Waals surface area contributed by atoms with Crippen molar-refractivity contribution in [3.8, 4) is 0 Å². The Bertz CT molecular complexity index is 695. The molecule has 0 fully saturated rings. The fourth-order valence-corrected chi connectivity index (χ4v) is 2.53. The lowest BCUT2D eigenvalue weighted by Gasteiger charge is -2.18. The molecule has 0 amide bonds. The number of hydrogen-bond donors (Lipinski definition) is 1. The van der Waals surface area contributed by atoms with Crippen molar-refractivity contribution in [2.24, 2.45) is 0 Å². The van der Waals surface area contributed by atoms with Crippen molar-refractivity contribution in [3.05, 3.63) is 89.5 Å². The van der Waals surface area contributed by atoms with Gasteiger partial charge in [-0.1, -0.05) is 36.4 Å². The first-order valence-corrected chi connectivity index (χ1v) is 6.72. The third-order valence-electron chi connectivity index (χ3n) is 3.53. The van der Waals surface area contributed by atoms with Crippen molar-refractivity contribution >= 4 is 12.4 Å². The average Bonchev–Trinajstić information content (AvgIpc) is 3.00. The van der Waals surface area contributed by atoms with Gasteiger partial charge >= 0.3 is 0 Å². The number of aromatic nitrogens is 2. The number of nitrogens with zero attached hydrogens (tertiary/aromatic N) is 1. The molecular formula is C17H15ClF2N2. The smallest absolute Gasteiger partial charge is 0.129 e. The number of imidazole rings is 1. The number of H-pyrrole nitrogens is 1. The number of hydrogen-bond acceptors (Lipinski definition) is 1. The fraction of sp³-hybridized carbons (Fsp3) is 0.118. The van der Waals surface area contributed by atoms with E-state index in [1.54, 1.807) is 12.5 Å². The molecule has 0 radical (unpaired) electrons. The predicted octanol–water partition coefficient (Wildman–Crippen LogP) is 4.48. The summed E-state index contributed by atoms with van der Waals surface area (Å²) in [7, 11) is 0. The molecule has 0 spiro atoms. The van der Waals surface area contributed by atoms with Crippen LogP contribution in [0.15, 0.2) is 61.1 Å². The van der Waals surface area contributed by atoms with Crippen molar-refractivity contribution < 1.29 is 8.78 Å². The maximum absolute atomic E-state index is 14.1. The van der Waals surface area contributed by atoms with Gasteiger partial charge in [0.2, 0.25) is 0 Å². The topological polar surface area (TPSA) is 28.7 Å². The molecule has 3 aromatic rings. The summed E-state index contributed by atoms with van der Waals surface area (Å²) in [6, 6.07) is 13.4. The third-order valence-corrected chi connectivity index (χ3v) is 3.53. The van der Waals surface area contributed by atoms with Crippen molar-refractivity contribution in [2.75, 3.05) is 0 Å². The first-order chi connectivity index (χ1) is 10.3. The lowest BCUT2D eigenvalue weighted by atomic mass is 9.87. The fourth-order valence-electron chi connectivity index (χ4n) is 2.53. The summed E-state index contributed by atoms with van der Waals surface area (Å²) < 4.78 is 28.3. The first-order valence-electron chi connectivity index (χ1n) is 6.72. The molecule has 1 unspecified atom stereocenters. The van der Waals surface area contributed by atoms with Crippen molar-refractivity contribution in [3.63, 3.8) is 0 Å². The Morgan fingerprint density at radius 3 is 2.23 bits per heavy atom. The standard InChI is InChI=1S/C17H14F2N2.ClH/c18-15-7-4-8-16(19)17(15)14(9-13-10-20-11-21-13)12-5-2-1-3-6-12;/h1-8,10-11,14H,9H2,(H,20,21);1H. The lowest BCUT2D eigenvalue weighted by molar-refractivity contribution is 0.538. The molecule has 0 aliphatic carbocycles. The molecule has 0 bridgehead atoms. The van der Waals surface area contributed by atoms with E-state index in [-0.39, 0.29) is 18.0 Å². The van der Waals surface area contributed by atoms with Gasteiger partial charge in [0.15, 0.2) is 0 Å². The van der Waals surface area contributed by atoms with E-state index in [2.05, 4.69) is 9.97 Å². The van der Waals surface area contributed by atoms with Crippen LogP contribution in [-0.2, 0) is 6.42 Å². The van der Waals surface area contributed by atoms with Crippen molar-refractivity contribution in [1.82, 2.24) is 9.97 Å². The van der Waals surface area contributed by atoms with E-state index >= 15 is 0 Å². The highest BCUT2D eigenvalue weighted by atomic mass is 35.5. The van der Waals surface area contributed by atoms with E-state index in [9.17, 15) is 8.78 Å². The molecule has 1 aromatic heterocycles. The lowest BCUT2D eigenvalue weighted by Crippen LogP contribution is -2.10. The number of benzene rings is 2. The molecule has 1 N–H and O–H groups in total. The maximum Gasteiger partial charge on any atom is 0.129 e. The van der Waals surface area contributed by atoms with Crippen LogP contribution in [0.4, 0.5) is 8.78 Å². The second-order valence-corrected chi connectivity index (χ2v) is 4.88. The predicted molar refractivity (Wildman–Crippen MR) is 84.2 cm³/mol. The van der Waals surface area contributed by atoms with Crippen LogP contribution in [0.2, 0.25) is 0 Å². The minimum absolute atomic E-state index is 0. The van der Waals surface area contributed by atoms with Gasteiger partial charge in [-0.3, -0.25) is 0 Å². The first kappa shape index (κ1) is 16.2. The van der Waals surface area contributed by atoms with Gasteiger partial charge in [-0.25, -0.2) is 13.8 Å². The molecule has 1 heterocycles. The number of rotatable bonds is 4. The highest BCUT2D eigenvalue weighted by Gasteiger charge is 2.22. The molecule has 5 heteroatoms. The van der Waals surface area contributed by atoms with E-state index in [4.69, 9.17) is 0 Å². The molecular weight excluding hydrogens is 306 g/mol. The normalized spacial score (nSPS) is 11.7. The highest BCUT2D eigenvalue weighted by molar-refractivity contribution is 5.85. The Balaban J connectivity index is 0.00000176. The van der Waals surface area contributed by atoms with Crippen LogP contribution in [0.25, 0.3) is 0 Å². The second-order valence-electron chi connectivity index (χ2n) is 4.88. The Labute approximate surface area is 133 Å². The van der Waals surface area contributed by atoms with Gasteiger partial charge in [-0.15, -0.1) is 12.4 Å². The zero-order chi connectivity index (χ0) is 14.7. The summed E-state index contributed by atoms with van der Waals surface area (Å²) in [5.74, 6) is -1.44. The van der Waals surface area contributed by atoms with Crippen LogP contribution < -0.4 is 0 Å². The molecule has 22 heavy (non-hydrogen) atoms. The quantitative estimate of drug-likeness (QED) is 0.754. The van der Waals surface area contributed by atoms with Crippen LogP contribution in [0.1, 0.15) is 22.7 Å². The molecule has 114 valence electrons. The van der Waals surface area contributed by atoms with Crippen LogP contribution in [0.5, 0.6) is 0 Å². The molecule has 1 atom stereocenters. The Hall–Kier alpha value is -2.20. The minimum atomic E-state index is -0.525. The molecule has 3 rings (SSSR count). The molecule has 0 aliphatic rings. The Morgan fingerprint density at radius 2 is 1.64 bits per heavy atom. The summed E-state index contributed by atoms with van der Waals surface area (Å²) in [5.41, 5.74) is 1.81. The van der Waals surface area contributed by atoms with Crippen LogP contribution >= 0.6 is 12.4 Å². The van der Waals surface area contributed by atoms with E-state index in [1.807, 2.05) is 30.3 Å². The van der Waals surface area contributed by atoms with Gasteiger partial charge in [-0.2, -0.15) is 0 Å². The largest absolute Gasteiger partial charge is 0.348 e. The second kappa shape index (κ2) is 7.18. The van der Waals surface area contributed by atoms with Gasteiger partial charge in [0.1, 0.15) is 11.6 Å². The summed E-state index contributed by atoms with van der Waals surface area (Å²) >= 11 is 0.